The maximum atomic E-state index is 13.8. The lowest BCUT2D eigenvalue weighted by Crippen LogP contribution is -2.45. The van der Waals surface area contributed by atoms with Crippen LogP contribution in [0.1, 0.15) is 36.9 Å². The molecule has 2 nitrogen and oxygen atoms in total. The zero-order chi connectivity index (χ0) is 15.5. The molecule has 0 spiro atoms. The average Bonchev–Trinajstić information content (AvgIpc) is 2.44. The van der Waals surface area contributed by atoms with E-state index in [9.17, 15) is 17.6 Å². The first-order valence-corrected chi connectivity index (χ1v) is 7.25. The lowest BCUT2D eigenvalue weighted by Gasteiger charge is -2.35. The second kappa shape index (κ2) is 9.67. The number of alkyl halides is 3. The molecular formula is C15H22Cl2F4N2. The second-order valence-electron chi connectivity index (χ2n) is 5.33. The fourth-order valence-electron chi connectivity index (χ4n) is 2.80. The summed E-state index contributed by atoms with van der Waals surface area (Å²) in [6.45, 7) is 5.38. The van der Waals surface area contributed by atoms with E-state index in [4.69, 9.17) is 0 Å². The number of hydrogen-bond acceptors (Lipinski definition) is 2. The zero-order valence-electron chi connectivity index (χ0n) is 12.8. The van der Waals surface area contributed by atoms with Crippen molar-refractivity contribution < 1.29 is 17.6 Å². The van der Waals surface area contributed by atoms with Crippen LogP contribution in [0, 0.1) is 5.82 Å². The van der Waals surface area contributed by atoms with Crippen molar-refractivity contribution in [3.8, 4) is 0 Å². The van der Waals surface area contributed by atoms with Gasteiger partial charge in [0.25, 0.3) is 0 Å². The lowest BCUT2D eigenvalue weighted by molar-refractivity contribution is -0.140. The lowest BCUT2D eigenvalue weighted by atomic mass is 9.98. The third kappa shape index (κ3) is 5.78. The highest BCUT2D eigenvalue weighted by Gasteiger charge is 2.34. The molecule has 8 heteroatoms. The standard InChI is InChI=1S/C15H20F4N2.2ClH/c1-2-3-14(21-8-6-20-7-9-21)11-4-5-12(13(16)10-11)15(17,18)19;;/h4-5,10,14,20H,2-3,6-9H2,1H3;2*1H/t14-;;/m0../s1. The normalized spacial score (nSPS) is 17.1. The van der Waals surface area contributed by atoms with E-state index < -0.39 is 17.6 Å². The van der Waals surface area contributed by atoms with Crippen LogP contribution in [0.2, 0.25) is 0 Å². The minimum atomic E-state index is -4.64. The minimum absolute atomic E-state index is 0. The van der Waals surface area contributed by atoms with Gasteiger partial charge >= 0.3 is 6.18 Å². The van der Waals surface area contributed by atoms with Gasteiger partial charge in [-0.3, -0.25) is 4.90 Å². The largest absolute Gasteiger partial charge is 0.419 e. The van der Waals surface area contributed by atoms with Crippen LogP contribution in [-0.2, 0) is 6.18 Å². The van der Waals surface area contributed by atoms with Crippen LogP contribution in [0.4, 0.5) is 17.6 Å². The van der Waals surface area contributed by atoms with Crippen LogP contribution < -0.4 is 5.32 Å². The van der Waals surface area contributed by atoms with Crippen LogP contribution in [-0.4, -0.2) is 31.1 Å². The summed E-state index contributed by atoms with van der Waals surface area (Å²) in [5.74, 6) is -1.18. The molecule has 1 aliphatic heterocycles. The van der Waals surface area contributed by atoms with E-state index in [1.54, 1.807) is 0 Å². The summed E-state index contributed by atoms with van der Waals surface area (Å²) >= 11 is 0. The Morgan fingerprint density at radius 3 is 2.26 bits per heavy atom. The van der Waals surface area contributed by atoms with E-state index in [0.717, 1.165) is 51.2 Å². The molecule has 0 bridgehead atoms. The van der Waals surface area contributed by atoms with E-state index in [2.05, 4.69) is 10.2 Å². The molecule has 0 radical (unpaired) electrons. The van der Waals surface area contributed by atoms with E-state index in [1.165, 1.54) is 6.07 Å². The van der Waals surface area contributed by atoms with E-state index in [-0.39, 0.29) is 30.9 Å². The number of benzene rings is 1. The van der Waals surface area contributed by atoms with Crippen LogP contribution in [0.25, 0.3) is 0 Å². The highest BCUT2D eigenvalue weighted by molar-refractivity contribution is 5.85. The fraction of sp³-hybridized carbons (Fsp3) is 0.600. The van der Waals surface area contributed by atoms with Gasteiger partial charge in [-0.25, -0.2) is 4.39 Å². The SMILES string of the molecule is CCC[C@@H](c1ccc(C(F)(F)F)c(F)c1)N1CCNCC1.Cl.Cl. The first-order valence-electron chi connectivity index (χ1n) is 7.25. The summed E-state index contributed by atoms with van der Waals surface area (Å²) in [5.41, 5.74) is -0.564. The van der Waals surface area contributed by atoms with Gasteiger partial charge in [-0.15, -0.1) is 24.8 Å². The quantitative estimate of drug-likeness (QED) is 0.781. The molecule has 23 heavy (non-hydrogen) atoms. The summed E-state index contributed by atoms with van der Waals surface area (Å²) < 4.78 is 51.6. The maximum absolute atomic E-state index is 13.8. The summed E-state index contributed by atoms with van der Waals surface area (Å²) in [6.07, 6.45) is -2.93. The van der Waals surface area contributed by atoms with Gasteiger partial charge in [0.1, 0.15) is 5.82 Å². The Morgan fingerprint density at radius 2 is 1.78 bits per heavy atom. The molecule has 1 heterocycles. The van der Waals surface area contributed by atoms with Crippen LogP contribution in [0.3, 0.4) is 0 Å². The molecule has 1 N–H and O–H groups in total. The number of halogens is 6. The Bertz CT molecular complexity index is 477. The molecule has 1 atom stereocenters. The average molecular weight is 377 g/mol. The Morgan fingerprint density at radius 1 is 1.17 bits per heavy atom. The summed E-state index contributed by atoms with van der Waals surface area (Å²) in [7, 11) is 0. The second-order valence-corrected chi connectivity index (χ2v) is 5.33. The molecule has 0 aromatic heterocycles. The molecule has 1 aromatic rings. The van der Waals surface area contributed by atoms with Gasteiger partial charge in [-0.2, -0.15) is 13.2 Å². The highest BCUT2D eigenvalue weighted by Crippen LogP contribution is 2.34. The molecule has 1 aromatic carbocycles. The van der Waals surface area contributed by atoms with Gasteiger partial charge in [0.05, 0.1) is 5.56 Å². The third-order valence-corrected chi connectivity index (χ3v) is 3.84. The van der Waals surface area contributed by atoms with E-state index >= 15 is 0 Å². The monoisotopic (exact) mass is 376 g/mol. The summed E-state index contributed by atoms with van der Waals surface area (Å²) in [4.78, 5) is 2.21. The zero-order valence-corrected chi connectivity index (χ0v) is 14.5. The van der Waals surface area contributed by atoms with Crippen LogP contribution >= 0.6 is 24.8 Å². The Labute approximate surface area is 146 Å². The van der Waals surface area contributed by atoms with Gasteiger partial charge in [0.2, 0.25) is 0 Å². The number of piperazine rings is 1. The van der Waals surface area contributed by atoms with Gasteiger partial charge in [-0.1, -0.05) is 19.4 Å². The molecule has 1 aliphatic rings. The van der Waals surface area contributed by atoms with Gasteiger partial charge in [0.15, 0.2) is 0 Å². The Balaban J connectivity index is 0.00000242. The van der Waals surface area contributed by atoms with Crippen molar-refractivity contribution >= 4 is 24.8 Å². The molecule has 2 rings (SSSR count). The number of nitrogens with zero attached hydrogens (tertiary/aromatic N) is 1. The molecule has 0 amide bonds. The molecule has 0 unspecified atom stereocenters. The molecule has 1 fully saturated rings. The Hall–Kier alpha value is -0.560. The van der Waals surface area contributed by atoms with Crippen molar-refractivity contribution in [1.82, 2.24) is 10.2 Å². The predicted molar refractivity (Wildman–Crippen MR) is 88.0 cm³/mol. The van der Waals surface area contributed by atoms with Crippen molar-refractivity contribution in [3.63, 3.8) is 0 Å². The van der Waals surface area contributed by atoms with Crippen molar-refractivity contribution in [2.24, 2.45) is 0 Å². The predicted octanol–water partition coefficient (Wildman–Crippen LogP) is 4.43. The maximum Gasteiger partial charge on any atom is 0.419 e. The third-order valence-electron chi connectivity index (χ3n) is 3.84. The van der Waals surface area contributed by atoms with Crippen LogP contribution in [0.15, 0.2) is 18.2 Å². The molecule has 1 saturated heterocycles. The first-order chi connectivity index (χ1) is 9.93. The smallest absolute Gasteiger partial charge is 0.314 e. The first kappa shape index (κ1) is 22.4. The molecule has 0 saturated carbocycles. The molecule has 134 valence electrons. The molecular weight excluding hydrogens is 355 g/mol. The van der Waals surface area contributed by atoms with Crippen molar-refractivity contribution in [2.45, 2.75) is 32.0 Å². The summed E-state index contributed by atoms with van der Waals surface area (Å²) in [5, 5.41) is 3.24. The van der Waals surface area contributed by atoms with Crippen molar-refractivity contribution in [1.29, 1.82) is 0 Å². The number of hydrogen-bond donors (Lipinski definition) is 1. The highest BCUT2D eigenvalue weighted by atomic mass is 35.5. The Kier molecular flexibility index (Phi) is 9.43. The number of nitrogens with one attached hydrogen (secondary N) is 1. The van der Waals surface area contributed by atoms with Crippen molar-refractivity contribution in [3.05, 3.63) is 35.1 Å². The van der Waals surface area contributed by atoms with E-state index in [1.807, 2.05) is 6.92 Å². The number of rotatable bonds is 4. The van der Waals surface area contributed by atoms with Gasteiger partial charge < -0.3 is 5.32 Å². The van der Waals surface area contributed by atoms with Gasteiger partial charge in [-0.05, 0) is 24.1 Å². The van der Waals surface area contributed by atoms with Gasteiger partial charge in [0, 0.05) is 32.2 Å². The minimum Gasteiger partial charge on any atom is -0.314 e. The molecule has 0 aliphatic carbocycles. The van der Waals surface area contributed by atoms with E-state index in [0.29, 0.717) is 5.56 Å². The summed E-state index contributed by atoms with van der Waals surface area (Å²) in [6, 6.07) is 3.29. The van der Waals surface area contributed by atoms with Crippen molar-refractivity contribution in [2.75, 3.05) is 26.2 Å². The van der Waals surface area contributed by atoms with Crippen LogP contribution in [0.5, 0.6) is 0 Å². The fourth-order valence-corrected chi connectivity index (χ4v) is 2.80. The topological polar surface area (TPSA) is 15.3 Å².